The van der Waals surface area contributed by atoms with Gasteiger partial charge in [-0.1, -0.05) is 0 Å². The normalized spacial score (nSPS) is 16.3. The number of amides is 2. The number of anilines is 1. The molecule has 1 fully saturated rings. The van der Waals surface area contributed by atoms with Gasteiger partial charge in [-0.05, 0) is 25.0 Å². The van der Waals surface area contributed by atoms with Crippen molar-refractivity contribution in [2.24, 2.45) is 0 Å². The number of imide groups is 1. The molecule has 0 unspecified atom stereocenters. The molecule has 1 heterocycles. The van der Waals surface area contributed by atoms with Crippen LogP contribution in [0.15, 0.2) is 18.2 Å². The first-order valence-electron chi connectivity index (χ1n) is 5.93. The lowest BCUT2D eigenvalue weighted by atomic mass is 10.1. The number of phenols is 1. The van der Waals surface area contributed by atoms with E-state index in [0.717, 1.165) is 11.0 Å². The summed E-state index contributed by atoms with van der Waals surface area (Å²) in [4.78, 5) is 35.5. The van der Waals surface area contributed by atoms with Gasteiger partial charge in [-0.3, -0.25) is 14.5 Å². The van der Waals surface area contributed by atoms with E-state index in [1.807, 2.05) is 0 Å². The molecule has 1 aromatic carbocycles. The van der Waals surface area contributed by atoms with Gasteiger partial charge in [0.2, 0.25) is 11.8 Å². The predicted octanol–water partition coefficient (Wildman–Crippen LogP) is 1.52. The molecule has 2 amide bonds. The maximum Gasteiger partial charge on any atom is 0.339 e. The van der Waals surface area contributed by atoms with Crippen molar-refractivity contribution >= 4 is 23.5 Å². The molecular weight excluding hydrogens is 250 g/mol. The molecule has 1 aliphatic heterocycles. The van der Waals surface area contributed by atoms with Crippen LogP contribution in [0.5, 0.6) is 5.75 Å². The zero-order valence-corrected chi connectivity index (χ0v) is 10.1. The van der Waals surface area contributed by atoms with Gasteiger partial charge < -0.3 is 10.2 Å². The third-order valence-corrected chi connectivity index (χ3v) is 3.00. The Bertz CT molecular complexity index is 534. The Morgan fingerprint density at radius 3 is 2.16 bits per heavy atom. The molecule has 0 aliphatic carbocycles. The second kappa shape index (κ2) is 5.09. The quantitative estimate of drug-likeness (QED) is 0.789. The summed E-state index contributed by atoms with van der Waals surface area (Å²) < 4.78 is 0. The van der Waals surface area contributed by atoms with E-state index in [-0.39, 0.29) is 35.9 Å². The molecule has 0 spiro atoms. The highest BCUT2D eigenvalue weighted by atomic mass is 16.4. The molecule has 1 aliphatic rings. The van der Waals surface area contributed by atoms with Crippen LogP contribution in [0, 0.1) is 0 Å². The van der Waals surface area contributed by atoms with Crippen LogP contribution < -0.4 is 4.90 Å². The SMILES string of the molecule is O=C(O)c1ccc(N2C(=O)CCCCC2=O)cc1O. The zero-order valence-electron chi connectivity index (χ0n) is 10.1. The van der Waals surface area contributed by atoms with Gasteiger partial charge in [-0.15, -0.1) is 0 Å². The molecule has 6 nitrogen and oxygen atoms in total. The van der Waals surface area contributed by atoms with Crippen LogP contribution in [0.25, 0.3) is 0 Å². The number of aromatic carboxylic acids is 1. The van der Waals surface area contributed by atoms with Gasteiger partial charge in [-0.25, -0.2) is 4.79 Å². The second-order valence-corrected chi connectivity index (χ2v) is 4.34. The van der Waals surface area contributed by atoms with Crippen LogP contribution in [0.3, 0.4) is 0 Å². The summed E-state index contributed by atoms with van der Waals surface area (Å²) in [6, 6.07) is 3.66. The summed E-state index contributed by atoms with van der Waals surface area (Å²) in [5, 5.41) is 18.4. The lowest BCUT2D eigenvalue weighted by Crippen LogP contribution is -2.35. The Morgan fingerprint density at radius 1 is 1.11 bits per heavy atom. The number of carbonyl (C=O) groups excluding carboxylic acids is 2. The number of carboxylic acid groups (broad SMARTS) is 1. The van der Waals surface area contributed by atoms with E-state index >= 15 is 0 Å². The van der Waals surface area contributed by atoms with Crippen molar-refractivity contribution in [1.82, 2.24) is 0 Å². The molecule has 2 N–H and O–H groups in total. The fourth-order valence-corrected chi connectivity index (χ4v) is 2.04. The van der Waals surface area contributed by atoms with E-state index in [9.17, 15) is 19.5 Å². The standard InChI is InChI=1S/C13H13NO5/c15-10-7-8(5-6-9(10)13(18)19)14-11(16)3-1-2-4-12(14)17/h5-7,15H,1-4H2,(H,18,19). The van der Waals surface area contributed by atoms with Crippen LogP contribution in [-0.2, 0) is 9.59 Å². The Labute approximate surface area is 109 Å². The first-order chi connectivity index (χ1) is 9.00. The third kappa shape index (κ3) is 2.57. The first kappa shape index (κ1) is 13.1. The minimum absolute atomic E-state index is 0.208. The van der Waals surface area contributed by atoms with Gasteiger partial charge in [0.15, 0.2) is 0 Å². The summed E-state index contributed by atoms with van der Waals surface area (Å²) in [7, 11) is 0. The maximum atomic E-state index is 11.9. The highest BCUT2D eigenvalue weighted by Crippen LogP contribution is 2.27. The highest BCUT2D eigenvalue weighted by Gasteiger charge is 2.26. The van der Waals surface area contributed by atoms with Gasteiger partial charge in [-0.2, -0.15) is 0 Å². The monoisotopic (exact) mass is 263 g/mol. The van der Waals surface area contributed by atoms with Crippen LogP contribution in [0.1, 0.15) is 36.0 Å². The average Bonchev–Trinajstić information content (AvgIpc) is 2.50. The average molecular weight is 263 g/mol. The number of rotatable bonds is 2. The van der Waals surface area contributed by atoms with Crippen molar-refractivity contribution in [3.05, 3.63) is 23.8 Å². The van der Waals surface area contributed by atoms with E-state index in [4.69, 9.17) is 5.11 Å². The van der Waals surface area contributed by atoms with Crippen molar-refractivity contribution in [3.8, 4) is 5.75 Å². The lowest BCUT2D eigenvalue weighted by molar-refractivity contribution is -0.125. The molecule has 100 valence electrons. The minimum atomic E-state index is -1.27. The van der Waals surface area contributed by atoms with Gasteiger partial charge in [0.25, 0.3) is 0 Å². The number of benzene rings is 1. The summed E-state index contributed by atoms with van der Waals surface area (Å²) >= 11 is 0. The fourth-order valence-electron chi connectivity index (χ4n) is 2.04. The van der Waals surface area contributed by atoms with Crippen LogP contribution in [0.2, 0.25) is 0 Å². The van der Waals surface area contributed by atoms with Crippen molar-refractivity contribution in [2.45, 2.75) is 25.7 Å². The number of carbonyl (C=O) groups is 3. The molecule has 0 radical (unpaired) electrons. The number of hydrogen-bond donors (Lipinski definition) is 2. The van der Waals surface area contributed by atoms with Crippen LogP contribution in [0.4, 0.5) is 5.69 Å². The van der Waals surface area contributed by atoms with E-state index < -0.39 is 11.7 Å². The molecule has 6 heteroatoms. The van der Waals surface area contributed by atoms with Crippen LogP contribution in [-0.4, -0.2) is 28.0 Å². The van der Waals surface area contributed by atoms with E-state index in [1.165, 1.54) is 12.1 Å². The maximum absolute atomic E-state index is 11.9. The molecule has 0 bridgehead atoms. The Morgan fingerprint density at radius 2 is 1.68 bits per heavy atom. The van der Waals surface area contributed by atoms with E-state index in [0.29, 0.717) is 12.8 Å². The van der Waals surface area contributed by atoms with Gasteiger partial charge in [0.1, 0.15) is 11.3 Å². The summed E-state index contributed by atoms with van der Waals surface area (Å²) in [6.45, 7) is 0. The molecule has 19 heavy (non-hydrogen) atoms. The number of aromatic hydroxyl groups is 1. The first-order valence-corrected chi connectivity index (χ1v) is 5.93. The van der Waals surface area contributed by atoms with Gasteiger partial charge in [0, 0.05) is 18.9 Å². The second-order valence-electron chi connectivity index (χ2n) is 4.34. The molecular formula is C13H13NO5. The number of nitrogens with zero attached hydrogens (tertiary/aromatic N) is 1. The predicted molar refractivity (Wildman–Crippen MR) is 66.0 cm³/mol. The summed E-state index contributed by atoms with van der Waals surface area (Å²) in [5.41, 5.74) is -0.0575. The smallest absolute Gasteiger partial charge is 0.339 e. The topological polar surface area (TPSA) is 94.9 Å². The lowest BCUT2D eigenvalue weighted by Gasteiger charge is -2.19. The van der Waals surface area contributed by atoms with Gasteiger partial charge in [0.05, 0.1) is 5.69 Å². The largest absolute Gasteiger partial charge is 0.507 e. The number of hydrogen-bond acceptors (Lipinski definition) is 4. The molecule has 2 rings (SSSR count). The Hall–Kier alpha value is -2.37. The fraction of sp³-hybridized carbons (Fsp3) is 0.308. The van der Waals surface area contributed by atoms with Gasteiger partial charge >= 0.3 is 5.97 Å². The molecule has 0 aromatic heterocycles. The molecule has 1 saturated heterocycles. The zero-order chi connectivity index (χ0) is 14.0. The van der Waals surface area contributed by atoms with Crippen molar-refractivity contribution < 1.29 is 24.6 Å². The minimum Gasteiger partial charge on any atom is -0.507 e. The Kier molecular flexibility index (Phi) is 3.50. The van der Waals surface area contributed by atoms with Crippen molar-refractivity contribution in [1.29, 1.82) is 0 Å². The van der Waals surface area contributed by atoms with Crippen LogP contribution >= 0.6 is 0 Å². The van der Waals surface area contributed by atoms with Crippen molar-refractivity contribution in [2.75, 3.05) is 4.90 Å². The molecule has 0 atom stereocenters. The molecule has 0 saturated carbocycles. The van der Waals surface area contributed by atoms with E-state index in [1.54, 1.807) is 0 Å². The highest BCUT2D eigenvalue weighted by molar-refractivity contribution is 6.15. The van der Waals surface area contributed by atoms with Crippen molar-refractivity contribution in [3.63, 3.8) is 0 Å². The summed E-state index contributed by atoms with van der Waals surface area (Å²) in [5.74, 6) is -2.39. The molecule has 1 aromatic rings. The summed E-state index contributed by atoms with van der Waals surface area (Å²) in [6.07, 6.45) is 1.85. The number of carboxylic acids is 1. The Balaban J connectivity index is 2.39. The van der Waals surface area contributed by atoms with E-state index in [2.05, 4.69) is 0 Å². The third-order valence-electron chi connectivity index (χ3n) is 3.00.